The van der Waals surface area contributed by atoms with E-state index in [-0.39, 0.29) is 25.4 Å². The summed E-state index contributed by atoms with van der Waals surface area (Å²) in [6.07, 6.45) is -0.322. The molecule has 3 amide bonds. The van der Waals surface area contributed by atoms with E-state index < -0.39 is 36.0 Å². The second-order valence-electron chi connectivity index (χ2n) is 8.80. The Morgan fingerprint density at radius 3 is 2.22 bits per heavy atom. The van der Waals surface area contributed by atoms with Crippen LogP contribution in [0.5, 0.6) is 0 Å². The minimum Gasteiger partial charge on any atom is -0.461 e. The number of aliphatic hydroxyl groups excluding tert-OH is 1. The van der Waals surface area contributed by atoms with Crippen LogP contribution in [-0.2, 0) is 30.3 Å². The van der Waals surface area contributed by atoms with Crippen LogP contribution >= 0.6 is 0 Å². The van der Waals surface area contributed by atoms with Gasteiger partial charge in [-0.05, 0) is 31.4 Å². The van der Waals surface area contributed by atoms with Crippen molar-refractivity contribution in [2.75, 3.05) is 13.1 Å². The minimum atomic E-state index is -1.61. The van der Waals surface area contributed by atoms with Crippen LogP contribution < -0.4 is 5.32 Å². The second-order valence-corrected chi connectivity index (χ2v) is 8.80. The molecule has 3 rings (SSSR count). The SMILES string of the molecule is CC(=O)N1C=C(c2ccccc2)N(CC(=O)N[C@@H](Cc2ccccc2)C(O)C(=O)OC(C)C)C(=O)C1. The normalized spacial score (nSPS) is 15.2. The molecule has 0 aliphatic carbocycles. The topological polar surface area (TPSA) is 116 Å². The molecule has 1 aliphatic heterocycles. The van der Waals surface area contributed by atoms with Crippen LogP contribution in [0.3, 0.4) is 0 Å². The first-order chi connectivity index (χ1) is 17.2. The molecule has 2 atom stereocenters. The summed E-state index contributed by atoms with van der Waals surface area (Å²) in [6, 6.07) is 17.1. The van der Waals surface area contributed by atoms with Crippen LogP contribution in [0.4, 0.5) is 0 Å². The highest BCUT2D eigenvalue weighted by molar-refractivity contribution is 5.97. The highest BCUT2D eigenvalue weighted by Gasteiger charge is 2.33. The number of carbonyl (C=O) groups excluding carboxylic acids is 4. The first kappa shape index (κ1) is 26.6. The molecule has 0 aromatic heterocycles. The summed E-state index contributed by atoms with van der Waals surface area (Å²) in [6.45, 7) is 4.14. The van der Waals surface area contributed by atoms with E-state index in [0.29, 0.717) is 11.3 Å². The molecular formula is C27H31N3O6. The highest BCUT2D eigenvalue weighted by atomic mass is 16.6. The zero-order valence-electron chi connectivity index (χ0n) is 20.6. The number of hydrogen-bond donors (Lipinski definition) is 2. The molecular weight excluding hydrogens is 462 g/mol. The van der Waals surface area contributed by atoms with Crippen molar-refractivity contribution in [2.45, 2.75) is 45.4 Å². The van der Waals surface area contributed by atoms with Gasteiger partial charge in [0.1, 0.15) is 13.1 Å². The number of aliphatic hydroxyl groups is 1. The zero-order chi connectivity index (χ0) is 26.2. The average Bonchev–Trinajstić information content (AvgIpc) is 2.84. The zero-order valence-corrected chi connectivity index (χ0v) is 20.6. The van der Waals surface area contributed by atoms with Crippen LogP contribution in [0, 0.1) is 0 Å². The lowest BCUT2D eigenvalue weighted by molar-refractivity contribution is -0.159. The molecule has 0 radical (unpaired) electrons. The molecule has 1 unspecified atom stereocenters. The Kier molecular flexibility index (Phi) is 8.97. The Bertz CT molecular complexity index is 1120. The molecule has 9 heteroatoms. The number of hydrogen-bond acceptors (Lipinski definition) is 6. The van der Waals surface area contributed by atoms with Crippen molar-refractivity contribution in [1.29, 1.82) is 0 Å². The van der Waals surface area contributed by atoms with E-state index in [1.807, 2.05) is 36.4 Å². The van der Waals surface area contributed by atoms with Crippen molar-refractivity contribution in [3.05, 3.63) is 78.0 Å². The first-order valence-electron chi connectivity index (χ1n) is 11.7. The van der Waals surface area contributed by atoms with Crippen molar-refractivity contribution in [3.63, 3.8) is 0 Å². The van der Waals surface area contributed by atoms with E-state index >= 15 is 0 Å². The molecule has 0 fully saturated rings. The van der Waals surface area contributed by atoms with Gasteiger partial charge in [0, 0.05) is 13.1 Å². The van der Waals surface area contributed by atoms with Crippen LogP contribution in [-0.4, -0.2) is 69.9 Å². The number of nitrogens with zero attached hydrogens (tertiary/aromatic N) is 2. The number of rotatable bonds is 9. The second kappa shape index (κ2) is 12.1. The lowest BCUT2D eigenvalue weighted by atomic mass is 10.0. The van der Waals surface area contributed by atoms with Crippen molar-refractivity contribution in [3.8, 4) is 0 Å². The van der Waals surface area contributed by atoms with E-state index in [0.717, 1.165) is 5.56 Å². The summed E-state index contributed by atoms with van der Waals surface area (Å²) in [7, 11) is 0. The monoisotopic (exact) mass is 493 g/mol. The fourth-order valence-corrected chi connectivity index (χ4v) is 3.82. The van der Waals surface area contributed by atoms with E-state index in [9.17, 15) is 24.3 Å². The third-order valence-electron chi connectivity index (χ3n) is 5.57. The molecule has 36 heavy (non-hydrogen) atoms. The molecule has 0 saturated heterocycles. The fraction of sp³-hybridized carbons (Fsp3) is 0.333. The number of amides is 3. The third kappa shape index (κ3) is 7.02. The molecule has 1 aliphatic rings. The van der Waals surface area contributed by atoms with Gasteiger partial charge in [-0.2, -0.15) is 0 Å². The maximum atomic E-state index is 13.1. The van der Waals surface area contributed by atoms with Crippen LogP contribution in [0.25, 0.3) is 5.70 Å². The van der Waals surface area contributed by atoms with Gasteiger partial charge < -0.3 is 20.1 Å². The number of carbonyl (C=O) groups is 4. The van der Waals surface area contributed by atoms with Crippen molar-refractivity contribution in [1.82, 2.24) is 15.1 Å². The molecule has 2 aromatic rings. The minimum absolute atomic E-state index is 0.175. The number of ether oxygens (including phenoxy) is 1. The Morgan fingerprint density at radius 2 is 1.64 bits per heavy atom. The van der Waals surface area contributed by atoms with E-state index in [1.165, 1.54) is 16.7 Å². The molecule has 190 valence electrons. The Morgan fingerprint density at radius 1 is 1.03 bits per heavy atom. The van der Waals surface area contributed by atoms with Gasteiger partial charge in [0.15, 0.2) is 6.10 Å². The summed E-state index contributed by atoms with van der Waals surface area (Å²) < 4.78 is 5.14. The third-order valence-corrected chi connectivity index (χ3v) is 5.57. The molecule has 0 saturated carbocycles. The fourth-order valence-electron chi connectivity index (χ4n) is 3.82. The maximum absolute atomic E-state index is 13.1. The molecule has 9 nitrogen and oxygen atoms in total. The van der Waals surface area contributed by atoms with Gasteiger partial charge in [-0.3, -0.25) is 19.3 Å². The van der Waals surface area contributed by atoms with Crippen molar-refractivity contribution < 1.29 is 29.0 Å². The summed E-state index contributed by atoms with van der Waals surface area (Å²) in [5.41, 5.74) is 1.86. The molecule has 0 spiro atoms. The lowest BCUT2D eigenvalue weighted by Crippen LogP contribution is -2.53. The van der Waals surface area contributed by atoms with Gasteiger partial charge in [0.25, 0.3) is 0 Å². The van der Waals surface area contributed by atoms with Crippen LogP contribution in [0.2, 0.25) is 0 Å². The summed E-state index contributed by atoms with van der Waals surface area (Å²) in [4.78, 5) is 53.0. The number of esters is 1. The summed E-state index contributed by atoms with van der Waals surface area (Å²) >= 11 is 0. The van der Waals surface area contributed by atoms with E-state index in [4.69, 9.17) is 4.74 Å². The average molecular weight is 494 g/mol. The van der Waals surface area contributed by atoms with Crippen molar-refractivity contribution in [2.24, 2.45) is 0 Å². The first-order valence-corrected chi connectivity index (χ1v) is 11.7. The largest absolute Gasteiger partial charge is 0.461 e. The van der Waals surface area contributed by atoms with Gasteiger partial charge >= 0.3 is 5.97 Å². The maximum Gasteiger partial charge on any atom is 0.337 e. The van der Waals surface area contributed by atoms with Gasteiger partial charge in [0.05, 0.1) is 17.8 Å². The quantitative estimate of drug-likeness (QED) is 0.514. The highest BCUT2D eigenvalue weighted by Crippen LogP contribution is 2.24. The van der Waals surface area contributed by atoms with Crippen LogP contribution in [0.1, 0.15) is 31.9 Å². The number of nitrogens with one attached hydrogen (secondary N) is 1. The van der Waals surface area contributed by atoms with Crippen molar-refractivity contribution >= 4 is 29.4 Å². The van der Waals surface area contributed by atoms with Gasteiger partial charge in [0.2, 0.25) is 17.7 Å². The Balaban J connectivity index is 1.83. The molecule has 1 heterocycles. The Hall–Kier alpha value is -3.98. The molecule has 2 aromatic carbocycles. The standard InChI is InChI=1S/C27H31N3O6/c1-18(2)36-27(35)26(34)22(14-20-10-6-4-7-11-20)28-24(32)16-30-23(21-12-8-5-9-13-21)15-29(19(3)31)17-25(30)33/h4-13,15,18,22,26,34H,14,16-17H2,1-3H3,(H,28,32)/t22-,26?/m0/s1. The summed E-state index contributed by atoms with van der Waals surface area (Å²) in [5.74, 6) is -2.14. The van der Waals surface area contributed by atoms with E-state index in [1.54, 1.807) is 44.3 Å². The molecule has 0 bridgehead atoms. The predicted octanol–water partition coefficient (Wildman–Crippen LogP) is 1.72. The van der Waals surface area contributed by atoms with E-state index in [2.05, 4.69) is 5.32 Å². The van der Waals surface area contributed by atoms with Gasteiger partial charge in [-0.15, -0.1) is 0 Å². The summed E-state index contributed by atoms with van der Waals surface area (Å²) in [5, 5.41) is 13.4. The molecule has 2 N–H and O–H groups in total. The lowest BCUT2D eigenvalue weighted by Gasteiger charge is -2.33. The Labute approximate surface area is 210 Å². The van der Waals surface area contributed by atoms with Gasteiger partial charge in [-0.25, -0.2) is 4.79 Å². The smallest absolute Gasteiger partial charge is 0.337 e. The number of benzene rings is 2. The predicted molar refractivity (Wildman–Crippen MR) is 133 cm³/mol. The van der Waals surface area contributed by atoms with Gasteiger partial charge in [-0.1, -0.05) is 60.7 Å². The van der Waals surface area contributed by atoms with Crippen LogP contribution in [0.15, 0.2) is 66.9 Å².